The summed E-state index contributed by atoms with van der Waals surface area (Å²) in [4.78, 5) is 26.2. The van der Waals surface area contributed by atoms with Gasteiger partial charge >= 0.3 is 0 Å². The molecule has 0 aliphatic carbocycles. The maximum absolute atomic E-state index is 12.5. The molecule has 0 fully saturated rings. The number of rotatable bonds is 4. The Morgan fingerprint density at radius 2 is 1.18 bits per heavy atom. The number of anilines is 1. The second-order valence-corrected chi connectivity index (χ2v) is 6.64. The SMILES string of the molecule is O=C1c2ccccc2C(=O)N1c1ccc(CCc2cc(O)c(O)c(O)c2)cc1. The van der Waals surface area contributed by atoms with Gasteiger partial charge in [-0.25, -0.2) is 4.90 Å². The monoisotopic (exact) mass is 375 g/mol. The first-order valence-electron chi connectivity index (χ1n) is 8.76. The number of hydrogen-bond donors (Lipinski definition) is 3. The van der Waals surface area contributed by atoms with E-state index >= 15 is 0 Å². The Balaban J connectivity index is 1.49. The average Bonchev–Trinajstić information content (AvgIpc) is 2.96. The van der Waals surface area contributed by atoms with E-state index in [1.165, 1.54) is 17.0 Å². The van der Waals surface area contributed by atoms with Crippen LogP contribution in [-0.4, -0.2) is 27.1 Å². The highest BCUT2D eigenvalue weighted by Gasteiger charge is 2.36. The number of amides is 2. The summed E-state index contributed by atoms with van der Waals surface area (Å²) in [6, 6.07) is 16.7. The number of imide groups is 1. The van der Waals surface area contributed by atoms with Crippen LogP contribution in [0.1, 0.15) is 31.8 Å². The molecule has 3 aromatic carbocycles. The molecule has 0 atom stereocenters. The zero-order valence-electron chi connectivity index (χ0n) is 14.8. The summed E-state index contributed by atoms with van der Waals surface area (Å²) < 4.78 is 0. The van der Waals surface area contributed by atoms with Crippen LogP contribution in [0.5, 0.6) is 17.2 Å². The van der Waals surface area contributed by atoms with Crippen molar-refractivity contribution in [3.8, 4) is 17.2 Å². The van der Waals surface area contributed by atoms with Crippen molar-refractivity contribution in [3.05, 3.63) is 82.9 Å². The lowest BCUT2D eigenvalue weighted by Gasteiger charge is -2.14. The third-order valence-corrected chi connectivity index (χ3v) is 4.82. The highest BCUT2D eigenvalue weighted by molar-refractivity contribution is 6.34. The van der Waals surface area contributed by atoms with Gasteiger partial charge in [-0.2, -0.15) is 0 Å². The second-order valence-electron chi connectivity index (χ2n) is 6.64. The lowest BCUT2D eigenvalue weighted by molar-refractivity contribution is 0.0926. The van der Waals surface area contributed by atoms with Crippen molar-refractivity contribution < 1.29 is 24.9 Å². The lowest BCUT2D eigenvalue weighted by atomic mass is 10.0. The van der Waals surface area contributed by atoms with Crippen LogP contribution in [-0.2, 0) is 12.8 Å². The van der Waals surface area contributed by atoms with Crippen molar-refractivity contribution in [2.24, 2.45) is 0 Å². The molecule has 2 amide bonds. The van der Waals surface area contributed by atoms with Gasteiger partial charge in [0, 0.05) is 0 Å². The van der Waals surface area contributed by atoms with E-state index < -0.39 is 5.75 Å². The predicted molar refractivity (Wildman–Crippen MR) is 103 cm³/mol. The van der Waals surface area contributed by atoms with Crippen molar-refractivity contribution in [1.82, 2.24) is 0 Å². The third-order valence-electron chi connectivity index (χ3n) is 4.82. The van der Waals surface area contributed by atoms with Gasteiger partial charge in [0.15, 0.2) is 17.2 Å². The minimum absolute atomic E-state index is 0.330. The topological polar surface area (TPSA) is 98.1 Å². The van der Waals surface area contributed by atoms with E-state index in [1.54, 1.807) is 36.4 Å². The zero-order chi connectivity index (χ0) is 19.8. The van der Waals surface area contributed by atoms with E-state index in [0.717, 1.165) is 5.56 Å². The molecule has 1 aliphatic rings. The number of fused-ring (bicyclic) bond motifs is 1. The first-order valence-corrected chi connectivity index (χ1v) is 8.76. The Morgan fingerprint density at radius 1 is 0.679 bits per heavy atom. The van der Waals surface area contributed by atoms with Crippen LogP contribution in [0.4, 0.5) is 5.69 Å². The highest BCUT2D eigenvalue weighted by atomic mass is 16.3. The molecule has 6 nitrogen and oxygen atoms in total. The molecule has 4 rings (SSSR count). The molecule has 0 saturated carbocycles. The van der Waals surface area contributed by atoms with E-state index in [4.69, 9.17) is 0 Å². The number of carbonyl (C=O) groups is 2. The molecule has 0 aromatic heterocycles. The number of hydrogen-bond acceptors (Lipinski definition) is 5. The van der Waals surface area contributed by atoms with Crippen molar-refractivity contribution in [2.45, 2.75) is 12.8 Å². The van der Waals surface area contributed by atoms with Gasteiger partial charge in [0.05, 0.1) is 16.8 Å². The van der Waals surface area contributed by atoms with Gasteiger partial charge in [-0.15, -0.1) is 0 Å². The summed E-state index contributed by atoms with van der Waals surface area (Å²) >= 11 is 0. The number of aromatic hydroxyl groups is 3. The fraction of sp³-hybridized carbons (Fsp3) is 0.0909. The van der Waals surface area contributed by atoms with Crippen molar-refractivity contribution >= 4 is 17.5 Å². The fourth-order valence-electron chi connectivity index (χ4n) is 3.33. The summed E-state index contributed by atoms with van der Waals surface area (Å²) in [6.07, 6.45) is 1.15. The Hall–Kier alpha value is -3.80. The van der Waals surface area contributed by atoms with Crippen LogP contribution >= 0.6 is 0 Å². The summed E-state index contributed by atoms with van der Waals surface area (Å²) in [7, 11) is 0. The number of phenolic OH excluding ortho intramolecular Hbond substituents is 3. The van der Waals surface area contributed by atoms with Crippen LogP contribution in [0.15, 0.2) is 60.7 Å². The number of carbonyl (C=O) groups excluding carboxylic acids is 2. The summed E-state index contributed by atoms with van der Waals surface area (Å²) in [5.41, 5.74) is 2.96. The van der Waals surface area contributed by atoms with Gasteiger partial charge in [-0.05, 0) is 60.4 Å². The molecular weight excluding hydrogens is 358 g/mol. The Bertz CT molecular complexity index is 1030. The quantitative estimate of drug-likeness (QED) is 0.480. The summed E-state index contributed by atoms with van der Waals surface area (Å²) in [5.74, 6) is -1.92. The largest absolute Gasteiger partial charge is 0.504 e. The normalized spacial score (nSPS) is 13.1. The van der Waals surface area contributed by atoms with Crippen LogP contribution in [0.3, 0.4) is 0 Å². The summed E-state index contributed by atoms with van der Waals surface area (Å²) in [6.45, 7) is 0. The molecule has 0 bridgehead atoms. The predicted octanol–water partition coefficient (Wildman–Crippen LogP) is 3.39. The lowest BCUT2D eigenvalue weighted by Crippen LogP contribution is -2.29. The van der Waals surface area contributed by atoms with Crippen LogP contribution in [0, 0.1) is 0 Å². The maximum atomic E-state index is 12.5. The van der Waals surface area contributed by atoms with E-state index in [0.29, 0.717) is 35.2 Å². The Labute approximate surface area is 160 Å². The molecule has 3 N–H and O–H groups in total. The Kier molecular flexibility index (Phi) is 4.24. The smallest absolute Gasteiger partial charge is 0.266 e. The standard InChI is InChI=1S/C22H17NO5/c24-18-11-14(12-19(25)20(18)26)6-5-13-7-9-15(10-8-13)23-21(27)16-3-1-2-4-17(16)22(23)28/h1-4,7-12,24-26H,5-6H2. The van der Waals surface area contributed by atoms with E-state index in [2.05, 4.69) is 0 Å². The molecule has 1 heterocycles. The number of nitrogens with zero attached hydrogens (tertiary/aromatic N) is 1. The van der Waals surface area contributed by atoms with Gasteiger partial charge < -0.3 is 15.3 Å². The fourth-order valence-corrected chi connectivity index (χ4v) is 3.33. The number of phenols is 3. The molecule has 3 aromatic rings. The molecule has 140 valence electrons. The zero-order valence-corrected chi connectivity index (χ0v) is 14.8. The first-order chi connectivity index (χ1) is 13.5. The van der Waals surface area contributed by atoms with Gasteiger partial charge in [0.1, 0.15) is 0 Å². The summed E-state index contributed by atoms with van der Waals surface area (Å²) in [5, 5.41) is 28.6. The van der Waals surface area contributed by atoms with Gasteiger partial charge in [-0.1, -0.05) is 24.3 Å². The van der Waals surface area contributed by atoms with E-state index in [1.807, 2.05) is 12.1 Å². The molecule has 0 unspecified atom stereocenters. The van der Waals surface area contributed by atoms with Crippen molar-refractivity contribution in [1.29, 1.82) is 0 Å². The molecule has 0 radical (unpaired) electrons. The van der Waals surface area contributed by atoms with Crippen LogP contribution < -0.4 is 4.90 Å². The number of aryl methyl sites for hydroxylation is 2. The molecular formula is C22H17NO5. The number of benzene rings is 3. The molecule has 1 aliphatic heterocycles. The van der Waals surface area contributed by atoms with Crippen molar-refractivity contribution in [2.75, 3.05) is 4.90 Å². The minimum Gasteiger partial charge on any atom is -0.504 e. The third kappa shape index (κ3) is 2.95. The average molecular weight is 375 g/mol. The van der Waals surface area contributed by atoms with Gasteiger partial charge in [0.25, 0.3) is 11.8 Å². The first kappa shape index (κ1) is 17.6. The molecule has 28 heavy (non-hydrogen) atoms. The van der Waals surface area contributed by atoms with Crippen LogP contribution in [0.2, 0.25) is 0 Å². The second kappa shape index (κ2) is 6.74. The van der Waals surface area contributed by atoms with Crippen molar-refractivity contribution in [3.63, 3.8) is 0 Å². The molecule has 6 heteroatoms. The Morgan fingerprint density at radius 3 is 1.71 bits per heavy atom. The van der Waals surface area contributed by atoms with Crippen LogP contribution in [0.25, 0.3) is 0 Å². The molecule has 0 saturated heterocycles. The molecule has 0 spiro atoms. The van der Waals surface area contributed by atoms with E-state index in [-0.39, 0.29) is 23.3 Å². The minimum atomic E-state index is -0.533. The van der Waals surface area contributed by atoms with E-state index in [9.17, 15) is 24.9 Å². The highest BCUT2D eigenvalue weighted by Crippen LogP contribution is 2.35. The maximum Gasteiger partial charge on any atom is 0.266 e. The van der Waals surface area contributed by atoms with Gasteiger partial charge in [0.2, 0.25) is 0 Å². The van der Waals surface area contributed by atoms with Gasteiger partial charge in [-0.3, -0.25) is 9.59 Å².